The summed E-state index contributed by atoms with van der Waals surface area (Å²) >= 11 is 3.32. The van der Waals surface area contributed by atoms with Crippen molar-refractivity contribution in [1.82, 2.24) is 19.9 Å². The summed E-state index contributed by atoms with van der Waals surface area (Å²) in [5, 5.41) is 1.77. The minimum Gasteiger partial charge on any atom is -0.493 e. The number of hydrogen-bond donors (Lipinski definition) is 1. The number of anilines is 1. The van der Waals surface area contributed by atoms with Gasteiger partial charge in [-0.2, -0.15) is 0 Å². The lowest BCUT2D eigenvalue weighted by molar-refractivity contribution is 0.230. The number of hydrogen-bond acceptors (Lipinski definition) is 9. The molecule has 0 spiro atoms. The fourth-order valence-corrected chi connectivity index (χ4v) is 6.25. The van der Waals surface area contributed by atoms with E-state index in [4.69, 9.17) is 20.2 Å². The first-order valence-electron chi connectivity index (χ1n) is 11.8. The molecule has 182 valence electrons. The van der Waals surface area contributed by atoms with Gasteiger partial charge in [-0.3, -0.25) is 4.90 Å². The van der Waals surface area contributed by atoms with Gasteiger partial charge in [0.1, 0.15) is 17.4 Å². The van der Waals surface area contributed by atoms with Crippen molar-refractivity contribution in [2.45, 2.75) is 50.4 Å². The molecule has 0 radical (unpaired) electrons. The van der Waals surface area contributed by atoms with Gasteiger partial charge in [0.15, 0.2) is 16.7 Å². The molecule has 3 aromatic rings. The maximum Gasteiger partial charge on any atom is 0.190 e. The maximum atomic E-state index is 6.14. The Hall–Kier alpha value is -2.36. The Morgan fingerprint density at radius 1 is 1.15 bits per heavy atom. The van der Waals surface area contributed by atoms with Gasteiger partial charge >= 0.3 is 0 Å². The number of rotatable bonds is 10. The van der Waals surface area contributed by atoms with Crippen LogP contribution in [0.2, 0.25) is 0 Å². The third-order valence-corrected chi connectivity index (χ3v) is 8.08. The zero-order chi connectivity index (χ0) is 24.1. The number of nitrogens with two attached hydrogens (primary N) is 1. The Balaban J connectivity index is 1.53. The lowest BCUT2D eigenvalue weighted by atomic mass is 10.2. The molecule has 34 heavy (non-hydrogen) atoms. The number of nitrogen functional groups attached to an aromatic ring is 1. The molecule has 1 atom stereocenters. The largest absolute Gasteiger partial charge is 0.493 e. The monoisotopic (exact) mass is 499 g/mol. The van der Waals surface area contributed by atoms with E-state index in [2.05, 4.69) is 34.8 Å². The Morgan fingerprint density at radius 2 is 1.94 bits per heavy atom. The molecule has 3 heterocycles. The molecule has 2 N–H and O–H groups in total. The van der Waals surface area contributed by atoms with Crippen molar-refractivity contribution in [3.05, 3.63) is 40.5 Å². The lowest BCUT2D eigenvalue weighted by Gasteiger charge is -2.16. The summed E-state index contributed by atoms with van der Waals surface area (Å²) in [7, 11) is 1.68. The summed E-state index contributed by atoms with van der Waals surface area (Å²) in [5.41, 5.74) is 8.89. The third kappa shape index (κ3) is 6.00. The quantitative estimate of drug-likeness (QED) is 0.293. The standard InChI is InChI=1S/C25H33N5O2S2/c1-5-21-23(17(3)33-25-27-16(2)14-22(26)28-25)29-24(34-21)18-8-9-19(31-4)20(15-18)32-13-12-30-10-6-7-11-30/h8-9,14-15,17H,5-7,10-13H2,1-4H3,(H2,26,27,28)/t17-/m1/s1. The van der Waals surface area contributed by atoms with Crippen LogP contribution in [0, 0.1) is 6.92 Å². The van der Waals surface area contributed by atoms with Gasteiger partial charge in [-0.05, 0) is 64.4 Å². The highest BCUT2D eigenvalue weighted by Crippen LogP contribution is 2.40. The lowest BCUT2D eigenvalue weighted by Crippen LogP contribution is -2.25. The third-order valence-electron chi connectivity index (χ3n) is 5.84. The molecule has 1 saturated heterocycles. The number of aryl methyl sites for hydroxylation is 2. The molecular weight excluding hydrogens is 466 g/mol. The highest BCUT2D eigenvalue weighted by molar-refractivity contribution is 7.99. The van der Waals surface area contributed by atoms with Gasteiger partial charge < -0.3 is 15.2 Å². The molecule has 1 fully saturated rings. The van der Waals surface area contributed by atoms with Crippen molar-refractivity contribution < 1.29 is 9.47 Å². The van der Waals surface area contributed by atoms with E-state index in [1.807, 2.05) is 19.1 Å². The Morgan fingerprint density at radius 3 is 2.65 bits per heavy atom. The number of nitrogens with zero attached hydrogens (tertiary/aromatic N) is 4. The molecule has 0 amide bonds. The normalized spacial score (nSPS) is 14.9. The number of likely N-dealkylation sites (tertiary alicyclic amines) is 1. The second kappa shape index (κ2) is 11.4. The first-order chi connectivity index (χ1) is 16.5. The van der Waals surface area contributed by atoms with Crippen LogP contribution in [0.1, 0.15) is 48.2 Å². The summed E-state index contributed by atoms with van der Waals surface area (Å²) in [6.07, 6.45) is 3.49. The molecule has 1 aromatic carbocycles. The molecule has 0 bridgehead atoms. The number of ether oxygens (including phenoxy) is 2. The molecule has 7 nitrogen and oxygen atoms in total. The molecule has 2 aromatic heterocycles. The van der Waals surface area contributed by atoms with Crippen LogP contribution in [0.15, 0.2) is 29.4 Å². The van der Waals surface area contributed by atoms with Gasteiger partial charge in [0.05, 0.1) is 18.1 Å². The average molecular weight is 500 g/mol. The molecule has 9 heteroatoms. The fourth-order valence-electron chi connectivity index (χ4n) is 4.10. The Bertz CT molecular complexity index is 1090. The van der Waals surface area contributed by atoms with E-state index in [0.29, 0.717) is 17.6 Å². The van der Waals surface area contributed by atoms with Gasteiger partial charge in [-0.25, -0.2) is 15.0 Å². The van der Waals surface area contributed by atoms with E-state index in [1.165, 1.54) is 30.8 Å². The maximum absolute atomic E-state index is 6.14. The van der Waals surface area contributed by atoms with Crippen LogP contribution in [0.5, 0.6) is 11.5 Å². The number of methoxy groups -OCH3 is 1. The van der Waals surface area contributed by atoms with Crippen LogP contribution in [0.25, 0.3) is 10.6 Å². The minimum absolute atomic E-state index is 0.107. The highest BCUT2D eigenvalue weighted by atomic mass is 32.2. The van der Waals surface area contributed by atoms with Crippen molar-refractivity contribution in [3.8, 4) is 22.1 Å². The topological polar surface area (TPSA) is 86.4 Å². The van der Waals surface area contributed by atoms with E-state index < -0.39 is 0 Å². The SMILES string of the molecule is CCc1sc(-c2ccc(OC)c(OCCN3CCCC3)c2)nc1[C@@H](C)Sc1nc(C)cc(N)n1. The Kier molecular flexibility index (Phi) is 8.28. The molecule has 4 rings (SSSR count). The van der Waals surface area contributed by atoms with Crippen LogP contribution >= 0.6 is 23.1 Å². The summed E-state index contributed by atoms with van der Waals surface area (Å²) < 4.78 is 11.7. The predicted molar refractivity (Wildman–Crippen MR) is 140 cm³/mol. The van der Waals surface area contributed by atoms with E-state index in [1.54, 1.807) is 36.3 Å². The number of thioether (sulfide) groups is 1. The molecule has 0 aliphatic carbocycles. The van der Waals surface area contributed by atoms with E-state index in [9.17, 15) is 0 Å². The summed E-state index contributed by atoms with van der Waals surface area (Å²) in [6.45, 7) is 10.2. The van der Waals surface area contributed by atoms with Crippen molar-refractivity contribution >= 4 is 28.9 Å². The van der Waals surface area contributed by atoms with Gasteiger partial charge in [-0.1, -0.05) is 18.7 Å². The second-order valence-corrected chi connectivity index (χ2v) is 10.8. The molecule has 1 aliphatic rings. The number of aromatic nitrogens is 3. The van der Waals surface area contributed by atoms with Crippen LogP contribution in [-0.2, 0) is 6.42 Å². The zero-order valence-electron chi connectivity index (χ0n) is 20.3. The molecule has 1 aliphatic heterocycles. The number of thiazole rings is 1. The van der Waals surface area contributed by atoms with Crippen molar-refractivity contribution in [3.63, 3.8) is 0 Å². The minimum atomic E-state index is 0.107. The molecule has 0 saturated carbocycles. The van der Waals surface area contributed by atoms with Crippen LogP contribution in [-0.4, -0.2) is 53.2 Å². The van der Waals surface area contributed by atoms with E-state index >= 15 is 0 Å². The first kappa shape index (κ1) is 24.8. The molecule has 0 unspecified atom stereocenters. The van der Waals surface area contributed by atoms with Crippen molar-refractivity contribution in [2.75, 3.05) is 39.1 Å². The zero-order valence-corrected chi connectivity index (χ0v) is 22.0. The van der Waals surface area contributed by atoms with E-state index in [0.717, 1.165) is 46.4 Å². The Labute approximate surface area is 210 Å². The van der Waals surface area contributed by atoms with E-state index in [-0.39, 0.29) is 5.25 Å². The van der Waals surface area contributed by atoms with Crippen LogP contribution in [0.4, 0.5) is 5.82 Å². The smallest absolute Gasteiger partial charge is 0.190 e. The van der Waals surface area contributed by atoms with Gasteiger partial charge in [0, 0.05) is 28.7 Å². The first-order valence-corrected chi connectivity index (χ1v) is 13.5. The second-order valence-electron chi connectivity index (χ2n) is 8.42. The molecular formula is C25H33N5O2S2. The summed E-state index contributed by atoms with van der Waals surface area (Å²) in [4.78, 5) is 17.7. The number of benzene rings is 1. The van der Waals surface area contributed by atoms with Crippen molar-refractivity contribution in [2.24, 2.45) is 0 Å². The summed E-state index contributed by atoms with van der Waals surface area (Å²) in [5.74, 6) is 2.00. The van der Waals surface area contributed by atoms with Gasteiger partial charge in [0.25, 0.3) is 0 Å². The van der Waals surface area contributed by atoms with Gasteiger partial charge in [-0.15, -0.1) is 11.3 Å². The fraction of sp³-hybridized carbons (Fsp3) is 0.480. The predicted octanol–water partition coefficient (Wildman–Crippen LogP) is 5.39. The van der Waals surface area contributed by atoms with Crippen LogP contribution < -0.4 is 15.2 Å². The van der Waals surface area contributed by atoms with Crippen LogP contribution in [0.3, 0.4) is 0 Å². The highest BCUT2D eigenvalue weighted by Gasteiger charge is 2.20. The van der Waals surface area contributed by atoms with Gasteiger partial charge in [0.2, 0.25) is 0 Å². The summed E-state index contributed by atoms with van der Waals surface area (Å²) in [6, 6.07) is 7.85. The average Bonchev–Trinajstić information content (AvgIpc) is 3.48. The van der Waals surface area contributed by atoms with Crippen molar-refractivity contribution in [1.29, 1.82) is 0 Å².